The van der Waals surface area contributed by atoms with Crippen LogP contribution in [0, 0.1) is 6.92 Å². The van der Waals surface area contributed by atoms with Gasteiger partial charge in [-0.1, -0.05) is 43.5 Å². The van der Waals surface area contributed by atoms with Crippen molar-refractivity contribution in [2.24, 2.45) is 17.3 Å². The minimum atomic E-state index is -0.373. The van der Waals surface area contributed by atoms with Crippen LogP contribution in [-0.2, 0) is 16.6 Å². The van der Waals surface area contributed by atoms with Gasteiger partial charge >= 0.3 is 0 Å². The van der Waals surface area contributed by atoms with Gasteiger partial charge in [-0.05, 0) is 19.1 Å². The number of carbonyl (C=O) groups is 1. The number of aromatic nitrogens is 2. The van der Waals surface area contributed by atoms with Gasteiger partial charge in [-0.2, -0.15) is 0 Å². The number of Topliss-reactive ketones (excluding diaryl/α,β-unsaturated/α-hetero) is 1. The van der Waals surface area contributed by atoms with Crippen molar-refractivity contribution < 1.29 is 9.53 Å². The molecule has 1 heterocycles. The van der Waals surface area contributed by atoms with E-state index in [9.17, 15) is 9.59 Å². The molecule has 0 atom stereocenters. The van der Waals surface area contributed by atoms with Crippen LogP contribution in [0.5, 0.6) is 0 Å². The maximum Gasteiger partial charge on any atom is 0.299 e. The number of ketones is 1. The number of nitrogens with zero attached hydrogens (tertiary/aromatic N) is 4. The number of benzene rings is 1. The second-order valence-corrected chi connectivity index (χ2v) is 6.06. The molecule has 7 nitrogen and oxygen atoms in total. The van der Waals surface area contributed by atoms with Gasteiger partial charge in [-0.3, -0.25) is 14.3 Å². The number of hydrogen-bond acceptors (Lipinski definition) is 5. The van der Waals surface area contributed by atoms with E-state index in [2.05, 4.69) is 23.4 Å². The zero-order chi connectivity index (χ0) is 20.4. The van der Waals surface area contributed by atoms with Crippen molar-refractivity contribution in [3.8, 4) is 5.69 Å². The number of ether oxygens (including phenoxy) is 1. The van der Waals surface area contributed by atoms with Crippen molar-refractivity contribution >= 4 is 11.5 Å². The average molecular weight is 376 g/mol. The normalized spacial score (nSPS) is 14.3. The molecule has 28 heavy (non-hydrogen) atoms. The number of para-hydroxylation sites is 1. The molecule has 1 aliphatic rings. The van der Waals surface area contributed by atoms with Gasteiger partial charge in [-0.25, -0.2) is 4.68 Å². The van der Waals surface area contributed by atoms with Crippen molar-refractivity contribution in [2.45, 2.75) is 6.92 Å². The fraction of sp³-hybridized carbons (Fsp3) is 0.143. The van der Waals surface area contributed by atoms with Crippen molar-refractivity contribution in [1.82, 2.24) is 9.36 Å². The molecule has 0 saturated heterocycles. The summed E-state index contributed by atoms with van der Waals surface area (Å²) in [5.41, 5.74) is 1.99. The highest BCUT2D eigenvalue weighted by molar-refractivity contribution is 6.15. The Balaban J connectivity index is 2.10. The predicted octanol–water partition coefficient (Wildman–Crippen LogP) is 3.68. The van der Waals surface area contributed by atoms with Crippen LogP contribution in [0.15, 0.2) is 93.3 Å². The molecule has 0 saturated carbocycles. The number of methoxy groups -OCH3 is 1. The summed E-state index contributed by atoms with van der Waals surface area (Å²) in [4.78, 5) is 25.5. The smallest absolute Gasteiger partial charge is 0.299 e. The van der Waals surface area contributed by atoms with Crippen LogP contribution in [0.3, 0.4) is 0 Å². The third-order valence-corrected chi connectivity index (χ3v) is 4.60. The Morgan fingerprint density at radius 1 is 1.04 bits per heavy atom. The number of allylic oxidation sites excluding steroid dienone is 3. The second kappa shape index (κ2) is 7.48. The third-order valence-electron chi connectivity index (χ3n) is 4.60. The molecule has 0 fully saturated rings. The average Bonchev–Trinajstić information content (AvgIpc) is 3.10. The van der Waals surface area contributed by atoms with E-state index in [1.807, 2.05) is 30.3 Å². The zero-order valence-electron chi connectivity index (χ0n) is 16.0. The lowest BCUT2D eigenvalue weighted by atomic mass is 10.1. The Morgan fingerprint density at radius 3 is 2.25 bits per heavy atom. The van der Waals surface area contributed by atoms with E-state index in [4.69, 9.17) is 4.74 Å². The molecular formula is C21H20N4O3. The molecule has 7 heteroatoms. The van der Waals surface area contributed by atoms with Crippen LogP contribution in [-0.4, -0.2) is 22.3 Å². The van der Waals surface area contributed by atoms with Crippen LogP contribution < -0.4 is 5.56 Å². The summed E-state index contributed by atoms with van der Waals surface area (Å²) in [6, 6.07) is 9.21. The van der Waals surface area contributed by atoms with Gasteiger partial charge in [-0.15, -0.1) is 10.2 Å². The highest BCUT2D eigenvalue weighted by Gasteiger charge is 2.31. The molecule has 0 bridgehead atoms. The topological polar surface area (TPSA) is 78.0 Å². The second-order valence-electron chi connectivity index (χ2n) is 6.06. The van der Waals surface area contributed by atoms with E-state index in [0.29, 0.717) is 22.5 Å². The van der Waals surface area contributed by atoms with Crippen molar-refractivity contribution in [3.05, 3.63) is 94.3 Å². The Morgan fingerprint density at radius 2 is 1.68 bits per heavy atom. The molecule has 0 radical (unpaired) electrons. The molecule has 1 aromatic heterocycles. The van der Waals surface area contributed by atoms with Gasteiger partial charge in [0, 0.05) is 18.2 Å². The molecule has 0 spiro atoms. The molecule has 1 aromatic carbocycles. The molecular weight excluding hydrogens is 356 g/mol. The van der Waals surface area contributed by atoms with Gasteiger partial charge in [0.15, 0.2) is 17.1 Å². The van der Waals surface area contributed by atoms with E-state index < -0.39 is 0 Å². The fourth-order valence-corrected chi connectivity index (χ4v) is 3.07. The van der Waals surface area contributed by atoms with Crippen molar-refractivity contribution in [1.29, 1.82) is 0 Å². The quantitative estimate of drug-likeness (QED) is 0.722. The summed E-state index contributed by atoms with van der Waals surface area (Å²) < 4.78 is 8.50. The van der Waals surface area contributed by atoms with Crippen LogP contribution in [0.1, 0.15) is 5.69 Å². The van der Waals surface area contributed by atoms with Gasteiger partial charge in [0.2, 0.25) is 5.78 Å². The fourth-order valence-electron chi connectivity index (χ4n) is 3.07. The molecule has 0 amide bonds. The number of rotatable bonds is 6. The maximum absolute atomic E-state index is 12.9. The van der Waals surface area contributed by atoms with E-state index in [0.717, 1.165) is 0 Å². The first-order valence-electron chi connectivity index (χ1n) is 8.54. The molecule has 142 valence electrons. The summed E-state index contributed by atoms with van der Waals surface area (Å²) in [5.74, 6) is -0.113. The monoisotopic (exact) mass is 376 g/mol. The summed E-state index contributed by atoms with van der Waals surface area (Å²) in [6.07, 6.45) is 2.93. The first-order valence-corrected chi connectivity index (χ1v) is 8.54. The molecule has 0 N–H and O–H groups in total. The molecule has 3 rings (SSSR count). The van der Waals surface area contributed by atoms with Gasteiger partial charge in [0.25, 0.3) is 5.56 Å². The first-order chi connectivity index (χ1) is 13.5. The van der Waals surface area contributed by atoms with Gasteiger partial charge < -0.3 is 4.74 Å². The Bertz CT molecular complexity index is 1130. The number of azo groups is 1. The van der Waals surface area contributed by atoms with E-state index in [1.165, 1.54) is 23.9 Å². The summed E-state index contributed by atoms with van der Waals surface area (Å²) in [6.45, 7) is 9.12. The van der Waals surface area contributed by atoms with E-state index in [-0.39, 0.29) is 28.5 Å². The van der Waals surface area contributed by atoms with Crippen molar-refractivity contribution in [2.75, 3.05) is 7.11 Å². The third kappa shape index (κ3) is 2.87. The standard InChI is InChI=1S/C21H20N4O3/c1-6-15-16(7-2)20(28-5)18(19(15)26)23-22-17-13(3)24(4)25(21(17)27)14-11-9-8-10-12-14/h6-12H,1-2H2,3-5H3. The molecule has 2 aromatic rings. The minimum Gasteiger partial charge on any atom is -0.494 e. The number of hydrogen-bond donors (Lipinski definition) is 0. The van der Waals surface area contributed by atoms with Crippen LogP contribution in [0.25, 0.3) is 5.69 Å². The predicted molar refractivity (Wildman–Crippen MR) is 107 cm³/mol. The van der Waals surface area contributed by atoms with E-state index in [1.54, 1.807) is 18.7 Å². The van der Waals surface area contributed by atoms with Gasteiger partial charge in [0.05, 0.1) is 18.5 Å². The van der Waals surface area contributed by atoms with Crippen LogP contribution >= 0.6 is 0 Å². The minimum absolute atomic E-state index is 0.0150. The lowest BCUT2D eigenvalue weighted by Gasteiger charge is -2.07. The Labute approximate surface area is 162 Å². The zero-order valence-corrected chi connectivity index (χ0v) is 16.0. The highest BCUT2D eigenvalue weighted by Crippen LogP contribution is 2.33. The number of carbonyl (C=O) groups excluding carboxylic acids is 1. The Hall–Kier alpha value is -3.74. The van der Waals surface area contributed by atoms with Gasteiger partial charge in [0.1, 0.15) is 0 Å². The van der Waals surface area contributed by atoms with Crippen LogP contribution in [0.4, 0.5) is 5.69 Å². The largest absolute Gasteiger partial charge is 0.494 e. The highest BCUT2D eigenvalue weighted by atomic mass is 16.5. The molecule has 0 aliphatic heterocycles. The van der Waals surface area contributed by atoms with Crippen molar-refractivity contribution in [3.63, 3.8) is 0 Å². The lowest BCUT2D eigenvalue weighted by Crippen LogP contribution is -2.19. The Kier molecular flexibility index (Phi) is 5.08. The maximum atomic E-state index is 12.9. The van der Waals surface area contributed by atoms with Crippen LogP contribution in [0.2, 0.25) is 0 Å². The summed E-state index contributed by atoms with van der Waals surface area (Å²) in [5, 5.41) is 8.16. The SMILES string of the molecule is C=CC1=C(C=C)C(OC)=C(N=Nc2c(C)n(C)n(-c3ccccc3)c2=O)C1=O. The van der Waals surface area contributed by atoms with E-state index >= 15 is 0 Å². The molecule has 0 unspecified atom stereocenters. The molecule has 1 aliphatic carbocycles. The first kappa shape index (κ1) is 19.0. The summed E-state index contributed by atoms with van der Waals surface area (Å²) >= 11 is 0. The lowest BCUT2D eigenvalue weighted by molar-refractivity contribution is -0.111. The summed E-state index contributed by atoms with van der Waals surface area (Å²) in [7, 11) is 3.19.